The van der Waals surface area contributed by atoms with E-state index >= 15 is 0 Å². The van der Waals surface area contributed by atoms with E-state index in [0.29, 0.717) is 23.4 Å². The summed E-state index contributed by atoms with van der Waals surface area (Å²) in [4.78, 5) is 4.69. The zero-order valence-electron chi connectivity index (χ0n) is 11.2. The predicted molar refractivity (Wildman–Crippen MR) is 74.9 cm³/mol. The van der Waals surface area contributed by atoms with Crippen molar-refractivity contribution in [1.82, 2.24) is 10.3 Å². The molecule has 1 aromatic carbocycles. The zero-order chi connectivity index (χ0) is 14.2. The highest BCUT2D eigenvalue weighted by Crippen LogP contribution is 2.22. The quantitative estimate of drug-likeness (QED) is 0.912. The third-order valence-corrected chi connectivity index (χ3v) is 4.36. The Morgan fingerprint density at radius 3 is 2.60 bits per heavy atom. The molecule has 3 rings (SSSR count). The summed E-state index contributed by atoms with van der Waals surface area (Å²) < 4.78 is 28.2. The number of oxazole rings is 1. The van der Waals surface area contributed by atoms with Gasteiger partial charge in [0.25, 0.3) is 0 Å². The van der Waals surface area contributed by atoms with Gasteiger partial charge in [-0.1, -0.05) is 0 Å². The first-order chi connectivity index (χ1) is 9.52. The highest BCUT2D eigenvalue weighted by atomic mass is 32.2. The van der Waals surface area contributed by atoms with Gasteiger partial charge in [-0.2, -0.15) is 0 Å². The maximum atomic E-state index is 11.4. The molecule has 1 N–H and O–H groups in total. The molecule has 1 aromatic heterocycles. The molecule has 0 saturated heterocycles. The predicted octanol–water partition coefficient (Wildman–Crippen LogP) is 2.00. The molecule has 0 bridgehead atoms. The largest absolute Gasteiger partial charge is 0.444 e. The Bertz CT molecular complexity index is 700. The Kier molecular flexibility index (Phi) is 3.35. The second-order valence-electron chi connectivity index (χ2n) is 5.10. The molecule has 5 nitrogen and oxygen atoms in total. The number of nitrogens with one attached hydrogen (secondary N) is 1. The van der Waals surface area contributed by atoms with Crippen LogP contribution in [-0.4, -0.2) is 25.7 Å². The Balaban J connectivity index is 1.75. The highest BCUT2D eigenvalue weighted by Gasteiger charge is 2.20. The monoisotopic (exact) mass is 292 g/mol. The van der Waals surface area contributed by atoms with E-state index in [-0.39, 0.29) is 0 Å². The Hall–Kier alpha value is -1.66. The molecule has 0 unspecified atom stereocenters. The first kappa shape index (κ1) is 13.3. The molecular weight excluding hydrogens is 276 g/mol. The van der Waals surface area contributed by atoms with Crippen LogP contribution >= 0.6 is 0 Å². The summed E-state index contributed by atoms with van der Waals surface area (Å²) in [6.45, 7) is 0.704. The standard InChI is InChI=1S/C14H16N2O3S/c1-20(17,18)13-6-2-10(3-7-13)14-16-12(9-19-14)8-15-11-4-5-11/h2-3,6-7,9,11,15H,4-5,8H2,1H3. The summed E-state index contributed by atoms with van der Waals surface area (Å²) >= 11 is 0. The number of hydrogen-bond acceptors (Lipinski definition) is 5. The van der Waals surface area contributed by atoms with Crippen molar-refractivity contribution in [2.45, 2.75) is 30.3 Å². The Morgan fingerprint density at radius 1 is 1.30 bits per heavy atom. The zero-order valence-corrected chi connectivity index (χ0v) is 12.0. The lowest BCUT2D eigenvalue weighted by molar-refractivity contribution is 0.569. The number of hydrogen-bond donors (Lipinski definition) is 1. The molecule has 1 heterocycles. The summed E-state index contributed by atoms with van der Waals surface area (Å²) in [6, 6.07) is 7.18. The van der Waals surface area contributed by atoms with Gasteiger partial charge in [0, 0.05) is 24.4 Å². The molecule has 0 amide bonds. The summed E-state index contributed by atoms with van der Waals surface area (Å²) in [5, 5.41) is 3.36. The van der Waals surface area contributed by atoms with Gasteiger partial charge in [0.2, 0.25) is 5.89 Å². The molecular formula is C14H16N2O3S. The van der Waals surface area contributed by atoms with E-state index in [1.54, 1.807) is 30.5 Å². The van der Waals surface area contributed by atoms with Crippen molar-refractivity contribution in [3.05, 3.63) is 36.2 Å². The number of nitrogens with zero attached hydrogens (tertiary/aromatic N) is 1. The Labute approximate surface area is 117 Å². The van der Waals surface area contributed by atoms with Gasteiger partial charge in [0.1, 0.15) is 6.26 Å². The molecule has 1 aliphatic carbocycles. The van der Waals surface area contributed by atoms with E-state index in [0.717, 1.165) is 11.3 Å². The minimum absolute atomic E-state index is 0.295. The molecule has 106 valence electrons. The maximum Gasteiger partial charge on any atom is 0.226 e. The lowest BCUT2D eigenvalue weighted by Crippen LogP contribution is -2.15. The van der Waals surface area contributed by atoms with Gasteiger partial charge in [-0.15, -0.1) is 0 Å². The van der Waals surface area contributed by atoms with Gasteiger partial charge in [-0.05, 0) is 37.1 Å². The van der Waals surface area contributed by atoms with Crippen molar-refractivity contribution in [1.29, 1.82) is 0 Å². The number of sulfone groups is 1. The van der Waals surface area contributed by atoms with Gasteiger partial charge in [0.15, 0.2) is 9.84 Å². The average Bonchev–Trinajstić information content (AvgIpc) is 3.13. The van der Waals surface area contributed by atoms with Crippen molar-refractivity contribution in [2.75, 3.05) is 6.26 Å². The number of benzene rings is 1. The summed E-state index contributed by atoms with van der Waals surface area (Å²) in [7, 11) is -3.17. The molecule has 0 spiro atoms. The van der Waals surface area contributed by atoms with Crippen LogP contribution in [-0.2, 0) is 16.4 Å². The van der Waals surface area contributed by atoms with E-state index in [9.17, 15) is 8.42 Å². The fourth-order valence-corrected chi connectivity index (χ4v) is 2.53. The van der Waals surface area contributed by atoms with E-state index in [1.807, 2.05) is 0 Å². The van der Waals surface area contributed by atoms with Gasteiger partial charge >= 0.3 is 0 Å². The first-order valence-corrected chi connectivity index (χ1v) is 8.40. The van der Waals surface area contributed by atoms with Crippen LogP contribution < -0.4 is 5.32 Å². The van der Waals surface area contributed by atoms with Crippen LogP contribution in [0, 0.1) is 0 Å². The molecule has 1 saturated carbocycles. The fraction of sp³-hybridized carbons (Fsp3) is 0.357. The van der Waals surface area contributed by atoms with Crippen LogP contribution in [0.25, 0.3) is 11.5 Å². The van der Waals surface area contributed by atoms with Crippen molar-refractivity contribution in [3.8, 4) is 11.5 Å². The third kappa shape index (κ3) is 3.08. The van der Waals surface area contributed by atoms with Crippen molar-refractivity contribution in [3.63, 3.8) is 0 Å². The topological polar surface area (TPSA) is 72.2 Å². The SMILES string of the molecule is CS(=O)(=O)c1ccc(-c2nc(CNC3CC3)co2)cc1. The maximum absolute atomic E-state index is 11.4. The first-order valence-electron chi connectivity index (χ1n) is 6.51. The van der Waals surface area contributed by atoms with E-state index in [1.165, 1.54) is 19.1 Å². The van der Waals surface area contributed by atoms with Gasteiger partial charge in [0.05, 0.1) is 10.6 Å². The van der Waals surface area contributed by atoms with Gasteiger partial charge < -0.3 is 9.73 Å². The van der Waals surface area contributed by atoms with Crippen LogP contribution in [0.4, 0.5) is 0 Å². The van der Waals surface area contributed by atoms with E-state index in [2.05, 4.69) is 10.3 Å². The molecule has 0 atom stereocenters. The molecule has 6 heteroatoms. The smallest absolute Gasteiger partial charge is 0.226 e. The minimum atomic E-state index is -3.17. The fourth-order valence-electron chi connectivity index (χ4n) is 1.90. The Morgan fingerprint density at radius 2 is 2.00 bits per heavy atom. The van der Waals surface area contributed by atoms with Crippen molar-refractivity contribution < 1.29 is 12.8 Å². The van der Waals surface area contributed by atoms with Crippen molar-refractivity contribution >= 4 is 9.84 Å². The average molecular weight is 292 g/mol. The summed E-state index contributed by atoms with van der Waals surface area (Å²) in [5.74, 6) is 0.512. The van der Waals surface area contributed by atoms with E-state index in [4.69, 9.17) is 4.42 Å². The van der Waals surface area contributed by atoms with Gasteiger partial charge in [-0.25, -0.2) is 13.4 Å². The molecule has 1 fully saturated rings. The van der Waals surface area contributed by atoms with Crippen LogP contribution in [0.15, 0.2) is 39.8 Å². The third-order valence-electron chi connectivity index (χ3n) is 3.23. The second-order valence-corrected chi connectivity index (χ2v) is 7.11. The lowest BCUT2D eigenvalue weighted by Gasteiger charge is -1.99. The number of aromatic nitrogens is 1. The molecule has 1 aliphatic rings. The van der Waals surface area contributed by atoms with Gasteiger partial charge in [-0.3, -0.25) is 0 Å². The molecule has 20 heavy (non-hydrogen) atoms. The second kappa shape index (κ2) is 5.03. The molecule has 0 radical (unpaired) electrons. The highest BCUT2D eigenvalue weighted by molar-refractivity contribution is 7.90. The normalized spacial score (nSPS) is 15.4. The van der Waals surface area contributed by atoms with Crippen LogP contribution in [0.3, 0.4) is 0 Å². The molecule has 0 aliphatic heterocycles. The van der Waals surface area contributed by atoms with Crippen LogP contribution in [0.1, 0.15) is 18.5 Å². The summed E-state index contributed by atoms with van der Waals surface area (Å²) in [6.07, 6.45) is 5.29. The summed E-state index contributed by atoms with van der Waals surface area (Å²) in [5.41, 5.74) is 1.63. The minimum Gasteiger partial charge on any atom is -0.444 e. The van der Waals surface area contributed by atoms with Crippen LogP contribution in [0.5, 0.6) is 0 Å². The number of rotatable bonds is 5. The van der Waals surface area contributed by atoms with Crippen molar-refractivity contribution in [2.24, 2.45) is 0 Å². The van der Waals surface area contributed by atoms with E-state index < -0.39 is 9.84 Å². The lowest BCUT2D eigenvalue weighted by atomic mass is 10.2. The molecule has 2 aromatic rings. The van der Waals surface area contributed by atoms with Crippen LogP contribution in [0.2, 0.25) is 0 Å².